The van der Waals surface area contributed by atoms with Crippen LogP contribution in [0, 0.1) is 19.3 Å². The van der Waals surface area contributed by atoms with Crippen LogP contribution in [-0.4, -0.2) is 30.6 Å². The van der Waals surface area contributed by atoms with E-state index in [2.05, 4.69) is 20.5 Å². The smallest absolute Gasteiger partial charge is 0.421 e. The number of carbonyl (C=O) groups excluding carboxylic acids is 1. The van der Waals surface area contributed by atoms with Crippen LogP contribution in [-0.2, 0) is 30.7 Å². The number of halogens is 3. The van der Waals surface area contributed by atoms with E-state index < -0.39 is 22.7 Å². The summed E-state index contributed by atoms with van der Waals surface area (Å²) in [6.45, 7) is 9.44. The van der Waals surface area contributed by atoms with E-state index in [1.165, 1.54) is 12.3 Å². The summed E-state index contributed by atoms with van der Waals surface area (Å²) in [5.41, 5.74) is 2.69. The molecule has 0 saturated heterocycles. The van der Waals surface area contributed by atoms with Gasteiger partial charge in [-0.25, -0.2) is 4.98 Å². The van der Waals surface area contributed by atoms with Gasteiger partial charge in [0.2, 0.25) is 5.91 Å². The van der Waals surface area contributed by atoms with Crippen LogP contribution in [0.25, 0.3) is 22.2 Å². The minimum absolute atomic E-state index is 0.0426. The van der Waals surface area contributed by atoms with Gasteiger partial charge in [0, 0.05) is 52.1 Å². The number of carbonyl (C=O) groups is 1. The van der Waals surface area contributed by atoms with Gasteiger partial charge < -0.3 is 14.6 Å². The van der Waals surface area contributed by atoms with Crippen LogP contribution in [0.5, 0.6) is 5.75 Å². The molecule has 0 fully saturated rings. The number of ether oxygens (including phenoxy) is 1. The number of hydrogen-bond donors (Lipinski definition) is 2. The Labute approximate surface area is 257 Å². The quantitative estimate of drug-likeness (QED) is 0.217. The van der Waals surface area contributed by atoms with Crippen molar-refractivity contribution >= 4 is 16.8 Å². The lowest BCUT2D eigenvalue weighted by Gasteiger charge is -2.18. The number of nitrogens with zero attached hydrogens (tertiary/aromatic N) is 4. The van der Waals surface area contributed by atoms with Crippen molar-refractivity contribution in [1.82, 2.24) is 30.0 Å². The highest BCUT2D eigenvalue weighted by atomic mass is 19.4. The van der Waals surface area contributed by atoms with Gasteiger partial charge >= 0.3 is 6.18 Å². The molecular formula is C33H33F3N6O3. The topological polar surface area (TPSA) is 115 Å². The normalized spacial score (nSPS) is 12.0. The van der Waals surface area contributed by atoms with E-state index in [0.29, 0.717) is 29.1 Å². The van der Waals surface area contributed by atoms with Gasteiger partial charge in [0.1, 0.15) is 23.4 Å². The number of benzene rings is 1. The average molecular weight is 619 g/mol. The zero-order chi connectivity index (χ0) is 32.5. The molecule has 45 heavy (non-hydrogen) atoms. The molecule has 1 aromatic carbocycles. The molecule has 0 atom stereocenters. The average Bonchev–Trinajstić information content (AvgIpc) is 3.43. The van der Waals surface area contributed by atoms with E-state index in [0.717, 1.165) is 44.1 Å². The van der Waals surface area contributed by atoms with Gasteiger partial charge in [-0.2, -0.15) is 18.3 Å². The molecule has 0 unspecified atom stereocenters. The Bertz CT molecular complexity index is 1940. The van der Waals surface area contributed by atoms with Gasteiger partial charge in [0.05, 0.1) is 24.1 Å². The van der Waals surface area contributed by atoms with Crippen LogP contribution in [0.15, 0.2) is 65.8 Å². The highest BCUT2D eigenvalue weighted by molar-refractivity contribution is 5.97. The molecule has 9 nitrogen and oxygen atoms in total. The molecule has 0 saturated carbocycles. The SMILES string of the molecule is Cc1cc(-c2[nH]ncc2CNC(=O)C(C)(C)C)c2cccc(OCc3c(C)ccnc3Cn3cccc(C(F)(F)F)c3=O)c2n1. The van der Waals surface area contributed by atoms with Crippen molar-refractivity contribution in [2.75, 3.05) is 0 Å². The molecule has 0 bridgehead atoms. The minimum atomic E-state index is -4.76. The van der Waals surface area contributed by atoms with E-state index in [1.54, 1.807) is 24.5 Å². The number of rotatable bonds is 8. The van der Waals surface area contributed by atoms with Gasteiger partial charge in [0.25, 0.3) is 5.56 Å². The molecule has 234 valence electrons. The van der Waals surface area contributed by atoms with Crippen molar-refractivity contribution in [2.45, 2.75) is 60.5 Å². The molecule has 4 heterocycles. The first kappa shape index (κ1) is 31.4. The summed E-state index contributed by atoms with van der Waals surface area (Å²) in [4.78, 5) is 34.2. The van der Waals surface area contributed by atoms with Crippen LogP contribution in [0.2, 0.25) is 0 Å². The number of nitrogens with one attached hydrogen (secondary N) is 2. The summed E-state index contributed by atoms with van der Waals surface area (Å²) in [7, 11) is 0. The molecule has 12 heteroatoms. The summed E-state index contributed by atoms with van der Waals surface area (Å²) in [5.74, 6) is 0.411. The Morgan fingerprint density at radius 2 is 1.87 bits per heavy atom. The maximum absolute atomic E-state index is 13.4. The number of aromatic amines is 1. The monoisotopic (exact) mass is 618 g/mol. The molecule has 2 N–H and O–H groups in total. The molecular weight excluding hydrogens is 585 g/mol. The molecule has 0 radical (unpaired) electrons. The van der Waals surface area contributed by atoms with E-state index >= 15 is 0 Å². The molecule has 0 aliphatic rings. The summed E-state index contributed by atoms with van der Waals surface area (Å²) in [6, 6.07) is 11.2. The van der Waals surface area contributed by atoms with Gasteiger partial charge in [-0.15, -0.1) is 0 Å². The van der Waals surface area contributed by atoms with Crippen LogP contribution >= 0.6 is 0 Å². The van der Waals surface area contributed by atoms with Crippen molar-refractivity contribution in [3.05, 3.63) is 105 Å². The maximum atomic E-state index is 13.4. The Balaban J connectivity index is 1.46. The lowest BCUT2D eigenvalue weighted by Crippen LogP contribution is -2.34. The fraction of sp³-hybridized carbons (Fsp3) is 0.303. The Morgan fingerprint density at radius 1 is 1.09 bits per heavy atom. The number of pyridine rings is 3. The number of aromatic nitrogens is 5. The summed E-state index contributed by atoms with van der Waals surface area (Å²) < 4.78 is 47.3. The second-order valence-electron chi connectivity index (χ2n) is 11.9. The molecule has 5 rings (SSSR count). The molecule has 1 amide bonds. The van der Waals surface area contributed by atoms with E-state index in [9.17, 15) is 22.8 Å². The third kappa shape index (κ3) is 6.74. The number of para-hydroxylation sites is 1. The van der Waals surface area contributed by atoms with Crippen molar-refractivity contribution in [3.63, 3.8) is 0 Å². The predicted octanol–water partition coefficient (Wildman–Crippen LogP) is 6.11. The number of H-pyrrole nitrogens is 1. The first-order valence-corrected chi connectivity index (χ1v) is 14.3. The van der Waals surface area contributed by atoms with Crippen molar-refractivity contribution in [2.24, 2.45) is 5.41 Å². The molecule has 0 aliphatic carbocycles. The Morgan fingerprint density at radius 3 is 2.60 bits per heavy atom. The Kier molecular flexibility index (Phi) is 8.51. The van der Waals surface area contributed by atoms with E-state index in [4.69, 9.17) is 9.72 Å². The zero-order valence-electron chi connectivity index (χ0n) is 25.5. The third-order valence-corrected chi connectivity index (χ3v) is 7.44. The lowest BCUT2D eigenvalue weighted by molar-refractivity contribution is -0.139. The largest absolute Gasteiger partial charge is 0.487 e. The van der Waals surface area contributed by atoms with E-state index in [-0.39, 0.29) is 19.1 Å². The van der Waals surface area contributed by atoms with Crippen molar-refractivity contribution in [1.29, 1.82) is 0 Å². The number of amides is 1. The van der Waals surface area contributed by atoms with Gasteiger partial charge in [-0.3, -0.25) is 19.7 Å². The molecule has 4 aromatic heterocycles. The zero-order valence-corrected chi connectivity index (χ0v) is 25.5. The first-order chi connectivity index (χ1) is 21.2. The minimum Gasteiger partial charge on any atom is -0.487 e. The fourth-order valence-electron chi connectivity index (χ4n) is 4.96. The highest BCUT2D eigenvalue weighted by Gasteiger charge is 2.34. The third-order valence-electron chi connectivity index (χ3n) is 7.44. The van der Waals surface area contributed by atoms with Crippen LogP contribution in [0.4, 0.5) is 13.2 Å². The number of hydrogen-bond acceptors (Lipinski definition) is 6. The van der Waals surface area contributed by atoms with Crippen LogP contribution in [0.1, 0.15) is 54.4 Å². The van der Waals surface area contributed by atoms with Gasteiger partial charge in [0.15, 0.2) is 0 Å². The Hall–Kier alpha value is -5.00. The van der Waals surface area contributed by atoms with Crippen LogP contribution < -0.4 is 15.6 Å². The first-order valence-electron chi connectivity index (χ1n) is 14.3. The van der Waals surface area contributed by atoms with Gasteiger partial charge in [-0.05, 0) is 49.7 Å². The van der Waals surface area contributed by atoms with Crippen LogP contribution in [0.3, 0.4) is 0 Å². The number of aryl methyl sites for hydroxylation is 2. The predicted molar refractivity (Wildman–Crippen MR) is 163 cm³/mol. The maximum Gasteiger partial charge on any atom is 0.421 e. The standard InChI is InChI=1S/C33H33F3N6O3/c1-19-11-12-37-26(17-42-13-7-9-25(30(42)43)33(34,35)36)24(19)18-45-27-10-6-8-22-23(14-20(2)40-29(22)27)28-21(16-39-41-28)15-38-31(44)32(3,4)5/h6-14,16H,15,17-18H2,1-5H3,(H,38,44)(H,39,41). The second-order valence-corrected chi connectivity index (χ2v) is 11.9. The fourth-order valence-corrected chi connectivity index (χ4v) is 4.96. The lowest BCUT2D eigenvalue weighted by atomic mass is 9.95. The summed E-state index contributed by atoms with van der Waals surface area (Å²) in [5, 5.41) is 11.1. The summed E-state index contributed by atoms with van der Waals surface area (Å²) in [6.07, 6.45) is -0.221. The van der Waals surface area contributed by atoms with Crippen molar-refractivity contribution < 1.29 is 22.7 Å². The molecule has 0 aliphatic heterocycles. The molecule has 0 spiro atoms. The highest BCUT2D eigenvalue weighted by Crippen LogP contribution is 2.34. The van der Waals surface area contributed by atoms with E-state index in [1.807, 2.05) is 52.8 Å². The number of fused-ring (bicyclic) bond motifs is 1. The van der Waals surface area contributed by atoms with Gasteiger partial charge in [-0.1, -0.05) is 32.9 Å². The number of alkyl halides is 3. The second kappa shape index (κ2) is 12.2. The molecule has 5 aromatic rings. The van der Waals surface area contributed by atoms with Crippen molar-refractivity contribution in [3.8, 4) is 17.0 Å². The summed E-state index contributed by atoms with van der Waals surface area (Å²) >= 11 is 0.